The zero-order valence-corrected chi connectivity index (χ0v) is 11.9. The molecule has 0 aliphatic heterocycles. The molecule has 1 aromatic carbocycles. The van der Waals surface area contributed by atoms with Crippen LogP contribution in [-0.2, 0) is 9.53 Å². The molecule has 1 aromatic rings. The molecule has 1 N–H and O–H groups in total. The number of benzene rings is 1. The lowest BCUT2D eigenvalue weighted by Crippen LogP contribution is -2.16. The summed E-state index contributed by atoms with van der Waals surface area (Å²) in [5.41, 5.74) is 0.554. The van der Waals surface area contributed by atoms with Crippen LogP contribution < -0.4 is 10.1 Å². The zero-order valence-electron chi connectivity index (χ0n) is 10.3. The lowest BCUT2D eigenvalue weighted by Gasteiger charge is -2.09. The summed E-state index contributed by atoms with van der Waals surface area (Å²) in [6.45, 7) is -0.701. The van der Waals surface area contributed by atoms with Gasteiger partial charge in [0.05, 0.1) is 25.8 Å². The van der Waals surface area contributed by atoms with Gasteiger partial charge in [-0.2, -0.15) is 0 Å². The molecule has 1 amide bonds. The van der Waals surface area contributed by atoms with Crippen LogP contribution in [0.2, 0.25) is 0 Å². The second kappa shape index (κ2) is 8.06. The summed E-state index contributed by atoms with van der Waals surface area (Å²) >= 11 is 3.29. The number of alkyl halides is 2. The Kier molecular flexibility index (Phi) is 6.72. The van der Waals surface area contributed by atoms with Crippen molar-refractivity contribution in [1.29, 1.82) is 0 Å². The van der Waals surface area contributed by atoms with Crippen LogP contribution in [0.25, 0.3) is 0 Å². The molecule has 0 saturated heterocycles. The molecule has 0 aromatic heterocycles. The number of amides is 1. The topological polar surface area (TPSA) is 47.6 Å². The summed E-state index contributed by atoms with van der Waals surface area (Å²) in [5, 5.41) is 2.64. The van der Waals surface area contributed by atoms with Crippen molar-refractivity contribution in [2.24, 2.45) is 0 Å². The Bertz CT molecular complexity index is 429. The van der Waals surface area contributed by atoms with Gasteiger partial charge in [0.2, 0.25) is 5.91 Å². The van der Waals surface area contributed by atoms with Crippen molar-refractivity contribution in [1.82, 2.24) is 0 Å². The van der Waals surface area contributed by atoms with E-state index in [1.54, 1.807) is 18.2 Å². The number of halogens is 3. The molecule has 0 unspecified atom stereocenters. The van der Waals surface area contributed by atoms with Crippen LogP contribution in [0.15, 0.2) is 22.7 Å². The fourth-order valence-corrected chi connectivity index (χ4v) is 1.62. The number of hydrogen-bond donors (Lipinski definition) is 1. The SMILES string of the molecule is COc1ccc(Br)c(NC(=O)CCOCC(F)F)c1. The van der Waals surface area contributed by atoms with E-state index in [-0.39, 0.29) is 18.9 Å². The van der Waals surface area contributed by atoms with E-state index in [0.29, 0.717) is 15.9 Å². The molecule has 0 heterocycles. The van der Waals surface area contributed by atoms with Gasteiger partial charge in [-0.25, -0.2) is 8.78 Å². The van der Waals surface area contributed by atoms with Crippen molar-refractivity contribution in [3.8, 4) is 5.75 Å². The predicted octanol–water partition coefficient (Wildman–Crippen LogP) is 3.07. The van der Waals surface area contributed by atoms with Crippen LogP contribution in [0.1, 0.15) is 6.42 Å². The Labute approximate surface area is 118 Å². The average molecular weight is 338 g/mol. The second-order valence-corrected chi connectivity index (χ2v) is 4.46. The van der Waals surface area contributed by atoms with Crippen LogP contribution in [0, 0.1) is 0 Å². The van der Waals surface area contributed by atoms with E-state index >= 15 is 0 Å². The maximum atomic E-state index is 11.8. The fourth-order valence-electron chi connectivity index (χ4n) is 1.28. The van der Waals surface area contributed by atoms with Crippen LogP contribution >= 0.6 is 15.9 Å². The van der Waals surface area contributed by atoms with E-state index in [1.165, 1.54) is 7.11 Å². The van der Waals surface area contributed by atoms with Crippen LogP contribution in [0.4, 0.5) is 14.5 Å². The van der Waals surface area contributed by atoms with Crippen molar-refractivity contribution < 1.29 is 23.0 Å². The highest BCUT2D eigenvalue weighted by atomic mass is 79.9. The molecule has 0 fully saturated rings. The van der Waals surface area contributed by atoms with Crippen molar-refractivity contribution >= 4 is 27.5 Å². The first-order valence-electron chi connectivity index (χ1n) is 5.52. The third-order valence-electron chi connectivity index (χ3n) is 2.16. The maximum Gasteiger partial charge on any atom is 0.261 e. The van der Waals surface area contributed by atoms with Crippen LogP contribution in [0.5, 0.6) is 5.75 Å². The summed E-state index contributed by atoms with van der Waals surface area (Å²) in [5.74, 6) is 0.288. The zero-order chi connectivity index (χ0) is 14.3. The number of ether oxygens (including phenoxy) is 2. The lowest BCUT2D eigenvalue weighted by atomic mass is 10.3. The number of anilines is 1. The highest BCUT2D eigenvalue weighted by molar-refractivity contribution is 9.10. The summed E-state index contributed by atoms with van der Waals surface area (Å²) in [6.07, 6.45) is -2.51. The van der Waals surface area contributed by atoms with Gasteiger partial charge in [0.25, 0.3) is 6.43 Å². The summed E-state index contributed by atoms with van der Waals surface area (Å²) in [4.78, 5) is 11.6. The Morgan fingerprint density at radius 2 is 2.21 bits per heavy atom. The third kappa shape index (κ3) is 5.98. The monoisotopic (exact) mass is 337 g/mol. The number of methoxy groups -OCH3 is 1. The Morgan fingerprint density at radius 3 is 2.84 bits per heavy atom. The minimum Gasteiger partial charge on any atom is -0.497 e. The van der Waals surface area contributed by atoms with E-state index < -0.39 is 13.0 Å². The Balaban J connectivity index is 2.43. The van der Waals surface area contributed by atoms with E-state index in [9.17, 15) is 13.6 Å². The molecule has 1 rings (SSSR count). The number of carbonyl (C=O) groups is 1. The normalized spacial score (nSPS) is 10.6. The van der Waals surface area contributed by atoms with Gasteiger partial charge in [0.15, 0.2) is 0 Å². The Hall–Kier alpha value is -1.21. The van der Waals surface area contributed by atoms with Crippen molar-refractivity contribution in [2.75, 3.05) is 25.6 Å². The minimum atomic E-state index is -2.52. The molecule has 0 saturated carbocycles. The summed E-state index contributed by atoms with van der Waals surface area (Å²) < 4.78 is 34.0. The van der Waals surface area contributed by atoms with E-state index in [4.69, 9.17) is 4.74 Å². The third-order valence-corrected chi connectivity index (χ3v) is 2.86. The van der Waals surface area contributed by atoms with Gasteiger partial charge in [-0.05, 0) is 28.1 Å². The van der Waals surface area contributed by atoms with E-state index in [0.717, 1.165) is 0 Å². The lowest BCUT2D eigenvalue weighted by molar-refractivity contribution is -0.117. The first-order chi connectivity index (χ1) is 9.02. The second-order valence-electron chi connectivity index (χ2n) is 3.61. The van der Waals surface area contributed by atoms with Crippen LogP contribution in [-0.4, -0.2) is 32.7 Å². The van der Waals surface area contributed by atoms with Crippen LogP contribution in [0.3, 0.4) is 0 Å². The molecule has 0 aliphatic carbocycles. The summed E-state index contributed by atoms with van der Waals surface area (Å²) in [6, 6.07) is 5.13. The van der Waals surface area contributed by atoms with Gasteiger partial charge in [0, 0.05) is 10.5 Å². The van der Waals surface area contributed by atoms with Gasteiger partial charge >= 0.3 is 0 Å². The van der Waals surface area contributed by atoms with Crippen molar-refractivity contribution in [2.45, 2.75) is 12.8 Å². The maximum absolute atomic E-state index is 11.8. The molecule has 0 spiro atoms. The quantitative estimate of drug-likeness (QED) is 0.778. The molecule has 0 radical (unpaired) electrons. The van der Waals surface area contributed by atoms with Gasteiger partial charge in [0.1, 0.15) is 12.4 Å². The van der Waals surface area contributed by atoms with Gasteiger partial charge in [-0.15, -0.1) is 0 Å². The van der Waals surface area contributed by atoms with Gasteiger partial charge in [-0.3, -0.25) is 4.79 Å². The number of carbonyl (C=O) groups excluding carboxylic acids is 1. The smallest absolute Gasteiger partial charge is 0.261 e. The molecular formula is C12H14BrF2NO3. The van der Waals surface area contributed by atoms with E-state index in [1.807, 2.05) is 0 Å². The molecule has 4 nitrogen and oxygen atoms in total. The standard InChI is InChI=1S/C12H14BrF2NO3/c1-18-8-2-3-9(13)10(6-8)16-12(17)4-5-19-7-11(14)15/h2-3,6,11H,4-5,7H2,1H3,(H,16,17). The molecule has 19 heavy (non-hydrogen) atoms. The van der Waals surface area contributed by atoms with Crippen molar-refractivity contribution in [3.05, 3.63) is 22.7 Å². The Morgan fingerprint density at radius 1 is 1.47 bits per heavy atom. The molecule has 0 atom stereocenters. The highest BCUT2D eigenvalue weighted by Gasteiger charge is 2.08. The first kappa shape index (κ1) is 15.8. The summed E-state index contributed by atoms with van der Waals surface area (Å²) in [7, 11) is 1.52. The largest absolute Gasteiger partial charge is 0.497 e. The molecule has 0 aliphatic rings. The van der Waals surface area contributed by atoms with E-state index in [2.05, 4.69) is 26.0 Å². The molecular weight excluding hydrogens is 324 g/mol. The molecule has 0 bridgehead atoms. The predicted molar refractivity (Wildman–Crippen MR) is 70.8 cm³/mol. The van der Waals surface area contributed by atoms with Gasteiger partial charge < -0.3 is 14.8 Å². The minimum absolute atomic E-state index is 0.0103. The first-order valence-corrected chi connectivity index (χ1v) is 6.31. The van der Waals surface area contributed by atoms with Gasteiger partial charge in [-0.1, -0.05) is 0 Å². The van der Waals surface area contributed by atoms with Crippen molar-refractivity contribution in [3.63, 3.8) is 0 Å². The number of rotatable bonds is 7. The molecule has 7 heteroatoms. The fraction of sp³-hybridized carbons (Fsp3) is 0.417. The highest BCUT2D eigenvalue weighted by Crippen LogP contribution is 2.27. The molecule has 106 valence electrons. The number of hydrogen-bond acceptors (Lipinski definition) is 3. The number of nitrogens with one attached hydrogen (secondary N) is 1. The average Bonchev–Trinajstić information content (AvgIpc) is 2.37.